The maximum Gasteiger partial charge on any atom is 0.251 e. The number of hydrogen-bond acceptors (Lipinski definition) is 3. The zero-order chi connectivity index (χ0) is 12.8. The van der Waals surface area contributed by atoms with Crippen molar-refractivity contribution in [2.75, 3.05) is 6.61 Å². The van der Waals surface area contributed by atoms with Crippen molar-refractivity contribution in [3.63, 3.8) is 0 Å². The molecule has 0 heterocycles. The van der Waals surface area contributed by atoms with Crippen LogP contribution in [0.4, 0.5) is 0 Å². The molecule has 94 valence electrons. The van der Waals surface area contributed by atoms with Crippen LogP contribution in [0.5, 0.6) is 0 Å². The maximum absolute atomic E-state index is 11.9. The number of carbonyl (C=O) groups excluding carboxylic acids is 1. The Morgan fingerprint density at radius 2 is 2.06 bits per heavy atom. The third-order valence-electron chi connectivity index (χ3n) is 2.40. The quantitative estimate of drug-likeness (QED) is 0.704. The predicted molar refractivity (Wildman–Crippen MR) is 67.8 cm³/mol. The van der Waals surface area contributed by atoms with Crippen LogP contribution in [0.2, 0.25) is 0 Å². The average molecular weight is 236 g/mol. The predicted octanol–water partition coefficient (Wildman–Crippen LogP) is 0.687. The van der Waals surface area contributed by atoms with Crippen molar-refractivity contribution in [3.05, 3.63) is 35.4 Å². The summed E-state index contributed by atoms with van der Waals surface area (Å²) >= 11 is 0. The van der Waals surface area contributed by atoms with Gasteiger partial charge in [-0.2, -0.15) is 0 Å². The van der Waals surface area contributed by atoms with Gasteiger partial charge in [-0.1, -0.05) is 18.2 Å². The second-order valence-electron chi connectivity index (χ2n) is 4.43. The van der Waals surface area contributed by atoms with E-state index < -0.39 is 0 Å². The van der Waals surface area contributed by atoms with Crippen molar-refractivity contribution in [3.8, 4) is 0 Å². The SMILES string of the molecule is CC(C)NC(=O)c1ccccc1C[C@@H](N)CO. The van der Waals surface area contributed by atoms with Crippen LogP contribution in [0.25, 0.3) is 0 Å². The molecule has 4 nitrogen and oxygen atoms in total. The number of aliphatic hydroxyl groups excluding tert-OH is 1. The van der Waals surface area contributed by atoms with Gasteiger partial charge in [-0.3, -0.25) is 4.79 Å². The number of hydrogen-bond donors (Lipinski definition) is 3. The van der Waals surface area contributed by atoms with E-state index in [4.69, 9.17) is 10.8 Å². The lowest BCUT2D eigenvalue weighted by molar-refractivity contribution is 0.0942. The van der Waals surface area contributed by atoms with Gasteiger partial charge in [-0.25, -0.2) is 0 Å². The molecular formula is C13H20N2O2. The first-order valence-electron chi connectivity index (χ1n) is 5.79. The molecular weight excluding hydrogens is 216 g/mol. The van der Waals surface area contributed by atoms with Crippen LogP contribution in [0.1, 0.15) is 29.8 Å². The van der Waals surface area contributed by atoms with Gasteiger partial charge in [0.1, 0.15) is 0 Å². The molecule has 0 bridgehead atoms. The van der Waals surface area contributed by atoms with Crippen molar-refractivity contribution >= 4 is 5.91 Å². The second kappa shape index (κ2) is 6.37. The Morgan fingerprint density at radius 3 is 2.65 bits per heavy atom. The number of carbonyl (C=O) groups is 1. The molecule has 4 heteroatoms. The van der Waals surface area contributed by atoms with Gasteiger partial charge in [-0.05, 0) is 31.9 Å². The minimum atomic E-state index is -0.331. The number of rotatable bonds is 5. The molecule has 0 aromatic heterocycles. The fourth-order valence-electron chi connectivity index (χ4n) is 1.61. The molecule has 0 aliphatic heterocycles. The molecule has 1 atom stereocenters. The van der Waals surface area contributed by atoms with Crippen molar-refractivity contribution in [2.24, 2.45) is 5.73 Å². The van der Waals surface area contributed by atoms with Gasteiger partial charge in [0.25, 0.3) is 5.91 Å². The van der Waals surface area contributed by atoms with Gasteiger partial charge in [-0.15, -0.1) is 0 Å². The lowest BCUT2D eigenvalue weighted by Gasteiger charge is -2.14. The summed E-state index contributed by atoms with van der Waals surface area (Å²) in [5.74, 6) is -0.0965. The van der Waals surface area contributed by atoms with E-state index in [0.29, 0.717) is 12.0 Å². The molecule has 1 aromatic rings. The Morgan fingerprint density at radius 1 is 1.41 bits per heavy atom. The standard InChI is InChI=1S/C13H20N2O2/c1-9(2)15-13(17)12-6-4-3-5-10(12)7-11(14)8-16/h3-6,9,11,16H,7-8,14H2,1-2H3,(H,15,17)/t11-/m1/s1. The minimum Gasteiger partial charge on any atom is -0.395 e. The molecule has 17 heavy (non-hydrogen) atoms. The molecule has 1 aromatic carbocycles. The van der Waals surface area contributed by atoms with Crippen molar-refractivity contribution in [1.82, 2.24) is 5.32 Å². The molecule has 1 rings (SSSR count). The third-order valence-corrected chi connectivity index (χ3v) is 2.40. The van der Waals surface area contributed by atoms with Crippen LogP contribution < -0.4 is 11.1 Å². The zero-order valence-electron chi connectivity index (χ0n) is 10.3. The lowest BCUT2D eigenvalue weighted by atomic mass is 10.00. The van der Waals surface area contributed by atoms with E-state index >= 15 is 0 Å². The fourth-order valence-corrected chi connectivity index (χ4v) is 1.61. The summed E-state index contributed by atoms with van der Waals surface area (Å²) in [4.78, 5) is 11.9. The van der Waals surface area contributed by atoms with Crippen LogP contribution in [0.3, 0.4) is 0 Å². The number of nitrogens with two attached hydrogens (primary N) is 1. The molecule has 1 amide bonds. The normalized spacial score (nSPS) is 12.5. The van der Waals surface area contributed by atoms with Crippen LogP contribution in [-0.2, 0) is 6.42 Å². The summed E-state index contributed by atoms with van der Waals surface area (Å²) in [6.45, 7) is 3.75. The summed E-state index contributed by atoms with van der Waals surface area (Å²) in [5.41, 5.74) is 7.19. The van der Waals surface area contributed by atoms with Gasteiger partial charge in [0.05, 0.1) is 6.61 Å². The number of amides is 1. The van der Waals surface area contributed by atoms with Gasteiger partial charge >= 0.3 is 0 Å². The highest BCUT2D eigenvalue weighted by Gasteiger charge is 2.13. The van der Waals surface area contributed by atoms with E-state index in [9.17, 15) is 4.79 Å². The van der Waals surface area contributed by atoms with Crippen LogP contribution in [-0.4, -0.2) is 29.7 Å². The van der Waals surface area contributed by atoms with E-state index in [-0.39, 0.29) is 24.6 Å². The molecule has 0 aliphatic rings. The molecule has 0 saturated carbocycles. The van der Waals surface area contributed by atoms with E-state index in [0.717, 1.165) is 5.56 Å². The highest BCUT2D eigenvalue weighted by molar-refractivity contribution is 5.95. The first-order chi connectivity index (χ1) is 8.04. The van der Waals surface area contributed by atoms with E-state index in [1.54, 1.807) is 6.07 Å². The van der Waals surface area contributed by atoms with E-state index in [1.165, 1.54) is 0 Å². The van der Waals surface area contributed by atoms with Gasteiger partial charge in [0.2, 0.25) is 0 Å². The van der Waals surface area contributed by atoms with E-state index in [1.807, 2.05) is 32.0 Å². The Labute approximate surface area is 102 Å². The summed E-state index contributed by atoms with van der Waals surface area (Å²) in [6, 6.07) is 7.10. The van der Waals surface area contributed by atoms with Gasteiger partial charge < -0.3 is 16.2 Å². The summed E-state index contributed by atoms with van der Waals surface area (Å²) in [6.07, 6.45) is 0.498. The monoisotopic (exact) mass is 236 g/mol. The Bertz CT molecular complexity index is 377. The van der Waals surface area contributed by atoms with Gasteiger partial charge in [0, 0.05) is 17.6 Å². The smallest absolute Gasteiger partial charge is 0.251 e. The van der Waals surface area contributed by atoms with Gasteiger partial charge in [0.15, 0.2) is 0 Å². The maximum atomic E-state index is 11.9. The Kier molecular flexibility index (Phi) is 5.12. The summed E-state index contributed by atoms with van der Waals surface area (Å²) < 4.78 is 0. The average Bonchev–Trinajstić information content (AvgIpc) is 2.28. The second-order valence-corrected chi connectivity index (χ2v) is 4.43. The number of aliphatic hydroxyl groups is 1. The minimum absolute atomic E-state index is 0.0832. The van der Waals surface area contributed by atoms with Crippen molar-refractivity contribution < 1.29 is 9.90 Å². The molecule has 0 radical (unpaired) electrons. The third kappa shape index (κ3) is 4.17. The highest BCUT2D eigenvalue weighted by Crippen LogP contribution is 2.11. The first kappa shape index (κ1) is 13.7. The van der Waals surface area contributed by atoms with Crippen molar-refractivity contribution in [1.29, 1.82) is 0 Å². The summed E-state index contributed by atoms with van der Waals surface area (Å²) in [7, 11) is 0. The zero-order valence-corrected chi connectivity index (χ0v) is 10.3. The molecule has 0 spiro atoms. The van der Waals surface area contributed by atoms with Crippen molar-refractivity contribution in [2.45, 2.75) is 32.4 Å². The molecule has 0 saturated heterocycles. The number of benzene rings is 1. The Hall–Kier alpha value is -1.39. The topological polar surface area (TPSA) is 75.4 Å². The number of nitrogens with one attached hydrogen (secondary N) is 1. The summed E-state index contributed by atoms with van der Waals surface area (Å²) in [5, 5.41) is 11.8. The van der Waals surface area contributed by atoms with Crippen LogP contribution in [0, 0.1) is 0 Å². The molecule has 4 N–H and O–H groups in total. The van der Waals surface area contributed by atoms with Crippen LogP contribution in [0.15, 0.2) is 24.3 Å². The molecule has 0 aliphatic carbocycles. The van der Waals surface area contributed by atoms with Crippen LogP contribution >= 0.6 is 0 Å². The largest absolute Gasteiger partial charge is 0.395 e. The molecule has 0 unspecified atom stereocenters. The first-order valence-corrected chi connectivity index (χ1v) is 5.79. The molecule has 0 fully saturated rings. The fraction of sp³-hybridized carbons (Fsp3) is 0.462. The Balaban J connectivity index is 2.87. The van der Waals surface area contributed by atoms with E-state index in [2.05, 4.69) is 5.32 Å². The lowest BCUT2D eigenvalue weighted by Crippen LogP contribution is -2.32. The highest BCUT2D eigenvalue weighted by atomic mass is 16.3.